The van der Waals surface area contributed by atoms with Crippen LogP contribution in [0.1, 0.15) is 0 Å². The number of benzene rings is 2. The molecule has 0 amide bonds. The highest BCUT2D eigenvalue weighted by Gasteiger charge is 2.01. The Morgan fingerprint density at radius 1 is 0.933 bits per heavy atom. The lowest BCUT2D eigenvalue weighted by molar-refractivity contribution is 0.411. The maximum atomic E-state index is 9.49. The summed E-state index contributed by atoms with van der Waals surface area (Å²) in [6.45, 7) is 0. The lowest BCUT2D eigenvalue weighted by Gasteiger charge is -2.06. The second-order valence-electron chi connectivity index (χ2n) is 3.02. The predicted molar refractivity (Wildman–Crippen MR) is 62.3 cm³/mol. The van der Waals surface area contributed by atoms with Crippen LogP contribution in [0.15, 0.2) is 53.0 Å². The van der Waals surface area contributed by atoms with E-state index in [-0.39, 0.29) is 5.75 Å². The van der Waals surface area contributed by atoms with Crippen molar-refractivity contribution in [2.24, 2.45) is 0 Å². The van der Waals surface area contributed by atoms with Gasteiger partial charge in [0.1, 0.15) is 5.75 Å². The fourth-order valence-corrected chi connectivity index (χ4v) is 1.44. The average molecular weight is 265 g/mol. The molecule has 2 rings (SSSR count). The summed E-state index contributed by atoms with van der Waals surface area (Å²) in [5.41, 5.74) is 0. The number of rotatable bonds is 2. The van der Waals surface area contributed by atoms with Gasteiger partial charge in [-0.05, 0) is 36.4 Å². The average Bonchev–Trinajstić information content (AvgIpc) is 2.25. The molecule has 3 heteroatoms. The molecule has 0 aliphatic heterocycles. The third-order valence-corrected chi connectivity index (χ3v) is 2.44. The second kappa shape index (κ2) is 4.36. The van der Waals surface area contributed by atoms with Crippen LogP contribution in [0.5, 0.6) is 17.2 Å². The monoisotopic (exact) mass is 264 g/mol. The van der Waals surface area contributed by atoms with E-state index in [4.69, 9.17) is 4.74 Å². The van der Waals surface area contributed by atoms with Crippen molar-refractivity contribution in [2.75, 3.05) is 0 Å². The van der Waals surface area contributed by atoms with E-state index in [9.17, 15) is 5.11 Å². The normalized spacial score (nSPS) is 9.93. The largest absolute Gasteiger partial charge is 0.504 e. The van der Waals surface area contributed by atoms with Gasteiger partial charge in [0, 0.05) is 4.47 Å². The highest BCUT2D eigenvalue weighted by atomic mass is 79.9. The van der Waals surface area contributed by atoms with Gasteiger partial charge in [0.2, 0.25) is 0 Å². The van der Waals surface area contributed by atoms with Crippen molar-refractivity contribution in [1.82, 2.24) is 0 Å². The Kier molecular flexibility index (Phi) is 2.92. The van der Waals surface area contributed by atoms with Crippen LogP contribution < -0.4 is 4.74 Å². The zero-order chi connectivity index (χ0) is 10.7. The summed E-state index contributed by atoms with van der Waals surface area (Å²) in [5, 5.41) is 9.49. The Hall–Kier alpha value is -1.48. The van der Waals surface area contributed by atoms with Crippen molar-refractivity contribution in [2.45, 2.75) is 0 Å². The number of phenols is 1. The van der Waals surface area contributed by atoms with E-state index in [1.807, 2.05) is 30.3 Å². The van der Waals surface area contributed by atoms with Crippen molar-refractivity contribution >= 4 is 15.9 Å². The summed E-state index contributed by atoms with van der Waals surface area (Å²) >= 11 is 3.34. The third kappa shape index (κ3) is 2.50. The van der Waals surface area contributed by atoms with Gasteiger partial charge in [-0.3, -0.25) is 0 Å². The first-order chi connectivity index (χ1) is 7.25. The van der Waals surface area contributed by atoms with Crippen LogP contribution in [0, 0.1) is 0 Å². The predicted octanol–water partition coefficient (Wildman–Crippen LogP) is 3.95. The minimum Gasteiger partial charge on any atom is -0.504 e. The molecule has 76 valence electrons. The lowest BCUT2D eigenvalue weighted by atomic mass is 10.3. The first-order valence-corrected chi connectivity index (χ1v) is 5.26. The number of hydrogen-bond donors (Lipinski definition) is 1. The van der Waals surface area contributed by atoms with Crippen LogP contribution in [0.25, 0.3) is 0 Å². The molecule has 0 fully saturated rings. The second-order valence-corrected chi connectivity index (χ2v) is 3.94. The zero-order valence-corrected chi connectivity index (χ0v) is 9.44. The molecule has 0 bridgehead atoms. The summed E-state index contributed by atoms with van der Waals surface area (Å²) in [7, 11) is 0. The molecule has 2 aromatic rings. The summed E-state index contributed by atoms with van der Waals surface area (Å²) < 4.78 is 6.49. The lowest BCUT2D eigenvalue weighted by Crippen LogP contribution is -1.83. The van der Waals surface area contributed by atoms with E-state index >= 15 is 0 Å². The summed E-state index contributed by atoms with van der Waals surface area (Å²) in [6.07, 6.45) is 0. The molecular weight excluding hydrogens is 256 g/mol. The van der Waals surface area contributed by atoms with Crippen molar-refractivity contribution in [3.8, 4) is 17.2 Å². The van der Waals surface area contributed by atoms with Crippen LogP contribution in [0.3, 0.4) is 0 Å². The molecule has 2 nitrogen and oxygen atoms in total. The van der Waals surface area contributed by atoms with Gasteiger partial charge in [-0.2, -0.15) is 0 Å². The number of halogens is 1. The highest BCUT2D eigenvalue weighted by Crippen LogP contribution is 2.30. The molecule has 0 aliphatic rings. The van der Waals surface area contributed by atoms with Crippen LogP contribution in [-0.2, 0) is 0 Å². The van der Waals surface area contributed by atoms with E-state index in [1.165, 1.54) is 0 Å². The standard InChI is InChI=1S/C12H9BrO2/c13-9-5-7-10(8-6-9)15-12-4-2-1-3-11(12)14/h1-8,14H. The molecule has 0 saturated heterocycles. The first-order valence-electron chi connectivity index (χ1n) is 4.47. The smallest absolute Gasteiger partial charge is 0.169 e. The number of ether oxygens (including phenoxy) is 1. The third-order valence-electron chi connectivity index (χ3n) is 1.91. The van der Waals surface area contributed by atoms with E-state index in [0.29, 0.717) is 11.5 Å². The van der Waals surface area contributed by atoms with Gasteiger partial charge in [0.05, 0.1) is 0 Å². The minimum absolute atomic E-state index is 0.139. The SMILES string of the molecule is Oc1ccccc1Oc1ccc(Br)cc1. The molecule has 0 radical (unpaired) electrons. The molecule has 0 heterocycles. The van der Waals surface area contributed by atoms with Crippen LogP contribution >= 0.6 is 15.9 Å². The fraction of sp³-hybridized carbons (Fsp3) is 0. The van der Waals surface area contributed by atoms with Crippen LogP contribution in [-0.4, -0.2) is 5.11 Å². The van der Waals surface area contributed by atoms with E-state index in [0.717, 1.165) is 4.47 Å². The van der Waals surface area contributed by atoms with E-state index < -0.39 is 0 Å². The van der Waals surface area contributed by atoms with Gasteiger partial charge in [-0.15, -0.1) is 0 Å². The number of para-hydroxylation sites is 2. The molecular formula is C12H9BrO2. The molecule has 0 aliphatic carbocycles. The molecule has 0 atom stereocenters. The number of hydrogen-bond acceptors (Lipinski definition) is 2. The zero-order valence-electron chi connectivity index (χ0n) is 7.85. The molecule has 15 heavy (non-hydrogen) atoms. The Morgan fingerprint density at radius 3 is 2.27 bits per heavy atom. The number of aromatic hydroxyl groups is 1. The maximum absolute atomic E-state index is 9.49. The first kappa shape index (κ1) is 10.1. The molecule has 1 N–H and O–H groups in total. The number of phenolic OH excluding ortho intramolecular Hbond substituents is 1. The molecule has 0 unspecified atom stereocenters. The van der Waals surface area contributed by atoms with Gasteiger partial charge in [0.25, 0.3) is 0 Å². The van der Waals surface area contributed by atoms with Gasteiger partial charge in [0.15, 0.2) is 11.5 Å². The van der Waals surface area contributed by atoms with Crippen molar-refractivity contribution in [3.05, 3.63) is 53.0 Å². The Bertz CT molecular complexity index is 451. The molecule has 0 spiro atoms. The molecule has 0 aromatic heterocycles. The minimum atomic E-state index is 0.139. The summed E-state index contributed by atoms with van der Waals surface area (Å²) in [6, 6.07) is 14.3. The summed E-state index contributed by atoms with van der Waals surface area (Å²) in [4.78, 5) is 0. The topological polar surface area (TPSA) is 29.5 Å². The van der Waals surface area contributed by atoms with Crippen molar-refractivity contribution in [3.63, 3.8) is 0 Å². The quantitative estimate of drug-likeness (QED) is 0.890. The summed E-state index contributed by atoms with van der Waals surface area (Å²) in [5.74, 6) is 1.29. The van der Waals surface area contributed by atoms with Crippen molar-refractivity contribution in [1.29, 1.82) is 0 Å². The van der Waals surface area contributed by atoms with E-state index in [2.05, 4.69) is 15.9 Å². The van der Waals surface area contributed by atoms with Crippen LogP contribution in [0.2, 0.25) is 0 Å². The van der Waals surface area contributed by atoms with Gasteiger partial charge >= 0.3 is 0 Å². The van der Waals surface area contributed by atoms with Crippen LogP contribution in [0.4, 0.5) is 0 Å². The Morgan fingerprint density at radius 2 is 1.60 bits per heavy atom. The molecule has 2 aromatic carbocycles. The van der Waals surface area contributed by atoms with Gasteiger partial charge in [-0.25, -0.2) is 0 Å². The Labute approximate surface area is 96.3 Å². The van der Waals surface area contributed by atoms with Crippen molar-refractivity contribution < 1.29 is 9.84 Å². The van der Waals surface area contributed by atoms with Gasteiger partial charge in [-0.1, -0.05) is 28.1 Å². The Balaban J connectivity index is 2.22. The van der Waals surface area contributed by atoms with Gasteiger partial charge < -0.3 is 9.84 Å². The van der Waals surface area contributed by atoms with E-state index in [1.54, 1.807) is 18.2 Å². The maximum Gasteiger partial charge on any atom is 0.169 e. The highest BCUT2D eigenvalue weighted by molar-refractivity contribution is 9.10. The fourth-order valence-electron chi connectivity index (χ4n) is 1.17. The molecule has 0 saturated carbocycles.